The fourth-order valence-corrected chi connectivity index (χ4v) is 3.29. The Morgan fingerprint density at radius 1 is 1.45 bits per heavy atom. The average molecular weight is 390 g/mol. The van der Waals surface area contributed by atoms with Crippen LogP contribution in [-0.2, 0) is 4.79 Å². The van der Waals surface area contributed by atoms with Crippen LogP contribution in [0.1, 0.15) is 26.7 Å². The standard InChI is InChI=1S/C16H22BrClN2O2/c1-11(2)20-7-5-13(6-8-20)19-16(21)10-22-15-4-3-12(17)9-14(15)18/h3-4,9,11,13H,5-8,10H2,1-2H3,(H,19,21). The van der Waals surface area contributed by atoms with Crippen molar-refractivity contribution >= 4 is 33.4 Å². The Hall–Kier alpha value is -0.780. The van der Waals surface area contributed by atoms with Crippen molar-refractivity contribution in [2.24, 2.45) is 0 Å². The van der Waals surface area contributed by atoms with Crippen molar-refractivity contribution in [3.8, 4) is 5.75 Å². The summed E-state index contributed by atoms with van der Waals surface area (Å²) in [6.07, 6.45) is 1.98. The molecule has 1 amide bonds. The average Bonchev–Trinajstić information content (AvgIpc) is 2.47. The van der Waals surface area contributed by atoms with Crippen molar-refractivity contribution in [2.75, 3.05) is 19.7 Å². The van der Waals surface area contributed by atoms with Crippen LogP contribution in [0.4, 0.5) is 0 Å². The second-order valence-corrected chi connectivity index (χ2v) is 7.16. The van der Waals surface area contributed by atoms with Crippen LogP contribution in [0.25, 0.3) is 0 Å². The van der Waals surface area contributed by atoms with Gasteiger partial charge in [0.1, 0.15) is 5.75 Å². The number of hydrogen-bond acceptors (Lipinski definition) is 3. The van der Waals surface area contributed by atoms with Gasteiger partial charge in [-0.3, -0.25) is 4.79 Å². The number of rotatable bonds is 5. The Morgan fingerprint density at radius 2 is 2.14 bits per heavy atom. The zero-order valence-corrected chi connectivity index (χ0v) is 15.3. The third-order valence-electron chi connectivity index (χ3n) is 3.88. The summed E-state index contributed by atoms with van der Waals surface area (Å²) in [5.74, 6) is 0.427. The van der Waals surface area contributed by atoms with Crippen LogP contribution >= 0.6 is 27.5 Å². The van der Waals surface area contributed by atoms with Crippen LogP contribution < -0.4 is 10.1 Å². The highest BCUT2D eigenvalue weighted by molar-refractivity contribution is 9.10. The molecule has 1 aromatic carbocycles. The molecule has 122 valence electrons. The van der Waals surface area contributed by atoms with Crippen LogP contribution in [0.3, 0.4) is 0 Å². The molecule has 1 N–H and O–H groups in total. The monoisotopic (exact) mass is 388 g/mol. The molecule has 1 aromatic rings. The summed E-state index contributed by atoms with van der Waals surface area (Å²) in [6.45, 7) is 6.46. The lowest BCUT2D eigenvalue weighted by molar-refractivity contribution is -0.124. The highest BCUT2D eigenvalue weighted by atomic mass is 79.9. The molecule has 0 saturated carbocycles. The molecule has 0 aliphatic carbocycles. The van der Waals surface area contributed by atoms with Gasteiger partial charge in [0.2, 0.25) is 0 Å². The number of ether oxygens (including phenoxy) is 1. The number of nitrogens with one attached hydrogen (secondary N) is 1. The Bertz CT molecular complexity index is 517. The van der Waals surface area contributed by atoms with Gasteiger partial charge in [-0.1, -0.05) is 27.5 Å². The molecule has 0 unspecified atom stereocenters. The Morgan fingerprint density at radius 3 is 2.73 bits per heavy atom. The van der Waals surface area contributed by atoms with Gasteiger partial charge in [-0.05, 0) is 44.9 Å². The summed E-state index contributed by atoms with van der Waals surface area (Å²) in [6, 6.07) is 6.14. The van der Waals surface area contributed by atoms with Crippen LogP contribution in [0.5, 0.6) is 5.75 Å². The number of amides is 1. The number of carbonyl (C=O) groups excluding carboxylic acids is 1. The fraction of sp³-hybridized carbons (Fsp3) is 0.562. The molecule has 6 heteroatoms. The minimum atomic E-state index is -0.0954. The molecular formula is C16H22BrClN2O2. The van der Waals surface area contributed by atoms with E-state index in [1.54, 1.807) is 12.1 Å². The highest BCUT2D eigenvalue weighted by Gasteiger charge is 2.22. The van der Waals surface area contributed by atoms with E-state index in [9.17, 15) is 4.79 Å². The zero-order chi connectivity index (χ0) is 16.1. The number of carbonyl (C=O) groups is 1. The van der Waals surface area contributed by atoms with Crippen LogP contribution in [0.2, 0.25) is 5.02 Å². The van der Waals surface area contributed by atoms with Gasteiger partial charge in [0, 0.05) is 29.6 Å². The van der Waals surface area contributed by atoms with E-state index in [2.05, 4.69) is 40.0 Å². The Labute approximate surface area is 145 Å². The smallest absolute Gasteiger partial charge is 0.258 e. The Kier molecular flexibility index (Phi) is 6.53. The molecule has 1 heterocycles. The highest BCUT2D eigenvalue weighted by Crippen LogP contribution is 2.27. The summed E-state index contributed by atoms with van der Waals surface area (Å²) < 4.78 is 6.36. The van der Waals surface area contributed by atoms with E-state index in [0.717, 1.165) is 30.4 Å². The molecule has 0 atom stereocenters. The van der Waals surface area contributed by atoms with Crippen molar-refractivity contribution < 1.29 is 9.53 Å². The van der Waals surface area contributed by atoms with E-state index in [0.29, 0.717) is 16.8 Å². The second kappa shape index (κ2) is 8.18. The van der Waals surface area contributed by atoms with Gasteiger partial charge in [-0.2, -0.15) is 0 Å². The van der Waals surface area contributed by atoms with E-state index >= 15 is 0 Å². The third-order valence-corrected chi connectivity index (χ3v) is 4.67. The first kappa shape index (κ1) is 17.6. The molecule has 0 spiro atoms. The molecule has 0 radical (unpaired) electrons. The van der Waals surface area contributed by atoms with Crippen molar-refractivity contribution in [3.63, 3.8) is 0 Å². The van der Waals surface area contributed by atoms with Crippen molar-refractivity contribution in [3.05, 3.63) is 27.7 Å². The summed E-state index contributed by atoms with van der Waals surface area (Å²) >= 11 is 9.39. The Balaban J connectivity index is 1.74. The molecule has 1 aliphatic rings. The lowest BCUT2D eigenvalue weighted by Gasteiger charge is -2.34. The number of hydrogen-bond donors (Lipinski definition) is 1. The van der Waals surface area contributed by atoms with Crippen LogP contribution in [0.15, 0.2) is 22.7 Å². The van der Waals surface area contributed by atoms with Gasteiger partial charge in [0.15, 0.2) is 6.61 Å². The molecule has 1 saturated heterocycles. The summed E-state index contributed by atoms with van der Waals surface area (Å²) in [4.78, 5) is 14.4. The minimum absolute atomic E-state index is 0.00819. The largest absolute Gasteiger partial charge is 0.482 e. The zero-order valence-electron chi connectivity index (χ0n) is 12.9. The summed E-state index contributed by atoms with van der Waals surface area (Å²) in [5.41, 5.74) is 0. The maximum absolute atomic E-state index is 12.0. The van der Waals surface area contributed by atoms with Crippen molar-refractivity contribution in [2.45, 2.75) is 38.8 Å². The maximum Gasteiger partial charge on any atom is 0.258 e. The van der Waals surface area contributed by atoms with Gasteiger partial charge >= 0.3 is 0 Å². The van der Waals surface area contributed by atoms with Gasteiger partial charge < -0.3 is 15.0 Å². The van der Waals surface area contributed by atoms with Gasteiger partial charge in [-0.25, -0.2) is 0 Å². The number of piperidine rings is 1. The van der Waals surface area contributed by atoms with E-state index in [4.69, 9.17) is 16.3 Å². The molecule has 0 bridgehead atoms. The molecule has 0 aromatic heterocycles. The first-order valence-corrected chi connectivity index (χ1v) is 8.74. The third kappa shape index (κ3) is 5.14. The molecule has 4 nitrogen and oxygen atoms in total. The van der Waals surface area contributed by atoms with E-state index in [1.807, 2.05) is 6.07 Å². The van der Waals surface area contributed by atoms with Gasteiger partial charge in [-0.15, -0.1) is 0 Å². The van der Waals surface area contributed by atoms with Crippen LogP contribution in [-0.4, -0.2) is 42.6 Å². The SMILES string of the molecule is CC(C)N1CCC(NC(=O)COc2ccc(Br)cc2Cl)CC1. The summed E-state index contributed by atoms with van der Waals surface area (Å²) in [7, 11) is 0. The van der Waals surface area contributed by atoms with E-state index < -0.39 is 0 Å². The van der Waals surface area contributed by atoms with Crippen LogP contribution in [0, 0.1) is 0 Å². The maximum atomic E-state index is 12.0. The quantitative estimate of drug-likeness (QED) is 0.838. The fourth-order valence-electron chi connectivity index (χ4n) is 2.57. The van der Waals surface area contributed by atoms with E-state index in [1.165, 1.54) is 0 Å². The van der Waals surface area contributed by atoms with E-state index in [-0.39, 0.29) is 18.6 Å². The predicted molar refractivity (Wildman–Crippen MR) is 92.5 cm³/mol. The van der Waals surface area contributed by atoms with Gasteiger partial charge in [0.25, 0.3) is 5.91 Å². The lowest BCUT2D eigenvalue weighted by Crippen LogP contribution is -2.47. The molecule has 22 heavy (non-hydrogen) atoms. The van der Waals surface area contributed by atoms with Crippen molar-refractivity contribution in [1.82, 2.24) is 10.2 Å². The number of halogens is 2. The minimum Gasteiger partial charge on any atom is -0.482 e. The molecule has 1 fully saturated rings. The van der Waals surface area contributed by atoms with Gasteiger partial charge in [0.05, 0.1) is 5.02 Å². The number of nitrogens with zero attached hydrogens (tertiary/aromatic N) is 1. The topological polar surface area (TPSA) is 41.6 Å². The predicted octanol–water partition coefficient (Wildman–Crippen LogP) is 3.47. The second-order valence-electron chi connectivity index (χ2n) is 5.83. The molecular weight excluding hydrogens is 368 g/mol. The number of benzene rings is 1. The first-order valence-electron chi connectivity index (χ1n) is 7.57. The lowest BCUT2D eigenvalue weighted by atomic mass is 10.0. The first-order chi connectivity index (χ1) is 10.5. The molecule has 2 rings (SSSR count). The van der Waals surface area contributed by atoms with Crippen molar-refractivity contribution in [1.29, 1.82) is 0 Å². The molecule has 1 aliphatic heterocycles. The number of likely N-dealkylation sites (tertiary alicyclic amines) is 1. The summed E-state index contributed by atoms with van der Waals surface area (Å²) in [5, 5.41) is 3.53. The normalized spacial score (nSPS) is 16.8.